The summed E-state index contributed by atoms with van der Waals surface area (Å²) in [6.07, 6.45) is 4.06. The van der Waals surface area contributed by atoms with Crippen molar-refractivity contribution in [2.75, 3.05) is 26.7 Å². The molecule has 2 rings (SSSR count). The minimum absolute atomic E-state index is 0.666. The second-order valence-electron chi connectivity index (χ2n) is 6.33. The fourth-order valence-electron chi connectivity index (χ4n) is 2.66. The first-order valence-electron chi connectivity index (χ1n) is 9.26. The molecular formula is C22H30N2O. The highest BCUT2D eigenvalue weighted by Gasteiger charge is 2.05. The Morgan fingerprint density at radius 2 is 1.64 bits per heavy atom. The molecule has 0 aliphatic heterocycles. The van der Waals surface area contributed by atoms with Gasteiger partial charge in [0.1, 0.15) is 6.61 Å². The number of aryl methyl sites for hydroxylation is 1. The number of hydrogen-bond acceptors (Lipinski definition) is 3. The van der Waals surface area contributed by atoms with Gasteiger partial charge in [-0.05, 0) is 50.4 Å². The molecule has 0 fully saturated rings. The molecule has 0 unspecified atom stereocenters. The Morgan fingerprint density at radius 1 is 0.960 bits per heavy atom. The van der Waals surface area contributed by atoms with Crippen molar-refractivity contribution in [3.63, 3.8) is 0 Å². The van der Waals surface area contributed by atoms with E-state index in [-0.39, 0.29) is 0 Å². The van der Waals surface area contributed by atoms with Crippen molar-refractivity contribution < 1.29 is 4.84 Å². The molecule has 0 aromatic heterocycles. The van der Waals surface area contributed by atoms with Crippen molar-refractivity contribution in [1.29, 1.82) is 0 Å². The van der Waals surface area contributed by atoms with Crippen LogP contribution in [0, 0.1) is 0 Å². The molecule has 0 aliphatic carbocycles. The quantitative estimate of drug-likeness (QED) is 0.335. The van der Waals surface area contributed by atoms with Crippen LogP contribution in [0.15, 0.2) is 65.8 Å². The standard InChI is InChI=1S/C22H30N2O/c1-3-24(2)18-11-19-25-23-22(21-15-8-5-9-16-21)17-10-14-20-12-6-4-7-13-20/h4-9,12-13,15-16H,3,10-11,14,17-19H2,1-2H3. The SMILES string of the molecule is CCN(C)CCCON=C(CCCc1ccccc1)c1ccccc1. The Morgan fingerprint density at radius 3 is 2.32 bits per heavy atom. The molecule has 2 aromatic carbocycles. The molecule has 2 aromatic rings. The maximum absolute atomic E-state index is 5.61. The summed E-state index contributed by atoms with van der Waals surface area (Å²) in [5.41, 5.74) is 3.57. The molecule has 0 radical (unpaired) electrons. The lowest BCUT2D eigenvalue weighted by molar-refractivity contribution is 0.132. The first kappa shape index (κ1) is 19.2. The predicted octanol–water partition coefficient (Wildman–Crippen LogP) is 4.77. The second kappa shape index (κ2) is 11.4. The van der Waals surface area contributed by atoms with Crippen LogP contribution < -0.4 is 0 Å². The minimum atomic E-state index is 0.666. The third kappa shape index (κ3) is 7.53. The Kier molecular flexibility index (Phi) is 8.78. The van der Waals surface area contributed by atoms with Gasteiger partial charge in [-0.25, -0.2) is 0 Å². The highest BCUT2D eigenvalue weighted by molar-refractivity contribution is 6.00. The topological polar surface area (TPSA) is 24.8 Å². The lowest BCUT2D eigenvalue weighted by atomic mass is 10.0. The number of rotatable bonds is 11. The molecule has 0 atom stereocenters. The van der Waals surface area contributed by atoms with Gasteiger partial charge >= 0.3 is 0 Å². The molecule has 0 saturated heterocycles. The van der Waals surface area contributed by atoms with Crippen LogP contribution in [0.25, 0.3) is 0 Å². The Bertz CT molecular complexity index is 610. The van der Waals surface area contributed by atoms with E-state index in [0.717, 1.165) is 50.0 Å². The normalized spacial score (nSPS) is 11.7. The summed E-state index contributed by atoms with van der Waals surface area (Å²) in [5.74, 6) is 0. The van der Waals surface area contributed by atoms with Crippen molar-refractivity contribution in [2.24, 2.45) is 5.16 Å². The molecule has 3 heteroatoms. The summed E-state index contributed by atoms with van der Waals surface area (Å²) >= 11 is 0. The largest absolute Gasteiger partial charge is 0.396 e. The molecule has 0 bridgehead atoms. The zero-order valence-electron chi connectivity index (χ0n) is 15.5. The zero-order chi connectivity index (χ0) is 17.7. The summed E-state index contributed by atoms with van der Waals surface area (Å²) in [7, 11) is 2.13. The van der Waals surface area contributed by atoms with Gasteiger partial charge in [0, 0.05) is 6.54 Å². The van der Waals surface area contributed by atoms with Crippen LogP contribution in [-0.2, 0) is 11.3 Å². The van der Waals surface area contributed by atoms with E-state index in [1.807, 2.05) is 6.07 Å². The number of hydrogen-bond donors (Lipinski definition) is 0. The van der Waals surface area contributed by atoms with Crippen molar-refractivity contribution in [2.45, 2.75) is 32.6 Å². The molecule has 0 N–H and O–H groups in total. The summed E-state index contributed by atoms with van der Waals surface area (Å²) < 4.78 is 0. The van der Waals surface area contributed by atoms with Crippen molar-refractivity contribution in [3.8, 4) is 0 Å². The van der Waals surface area contributed by atoms with Crippen LogP contribution >= 0.6 is 0 Å². The van der Waals surface area contributed by atoms with Gasteiger partial charge in [0.05, 0.1) is 5.71 Å². The van der Waals surface area contributed by atoms with Gasteiger partial charge in [0.2, 0.25) is 0 Å². The lowest BCUT2D eigenvalue weighted by Crippen LogP contribution is -2.19. The van der Waals surface area contributed by atoms with Gasteiger partial charge in [0.15, 0.2) is 0 Å². The van der Waals surface area contributed by atoms with Crippen molar-refractivity contribution in [3.05, 3.63) is 71.8 Å². The van der Waals surface area contributed by atoms with Gasteiger partial charge in [-0.1, -0.05) is 72.7 Å². The van der Waals surface area contributed by atoms with E-state index in [1.165, 1.54) is 5.56 Å². The van der Waals surface area contributed by atoms with E-state index in [0.29, 0.717) is 6.61 Å². The first-order valence-corrected chi connectivity index (χ1v) is 9.26. The molecule has 134 valence electrons. The third-order valence-electron chi connectivity index (χ3n) is 4.32. The van der Waals surface area contributed by atoms with Crippen molar-refractivity contribution in [1.82, 2.24) is 4.90 Å². The van der Waals surface area contributed by atoms with E-state index < -0.39 is 0 Å². The van der Waals surface area contributed by atoms with Crippen molar-refractivity contribution >= 4 is 5.71 Å². The minimum Gasteiger partial charge on any atom is -0.396 e. The maximum atomic E-state index is 5.61. The summed E-state index contributed by atoms with van der Waals surface area (Å²) in [6.45, 7) is 4.94. The molecular weight excluding hydrogens is 308 g/mol. The maximum Gasteiger partial charge on any atom is 0.118 e. The van der Waals surface area contributed by atoms with Gasteiger partial charge in [-0.2, -0.15) is 0 Å². The number of oxime groups is 1. The number of nitrogens with zero attached hydrogens (tertiary/aromatic N) is 2. The van der Waals surface area contributed by atoms with Crippen LogP contribution in [-0.4, -0.2) is 37.4 Å². The lowest BCUT2D eigenvalue weighted by Gasteiger charge is -2.12. The zero-order valence-corrected chi connectivity index (χ0v) is 15.5. The molecule has 25 heavy (non-hydrogen) atoms. The number of benzene rings is 2. The molecule has 0 saturated carbocycles. The Balaban J connectivity index is 1.86. The van der Waals surface area contributed by atoms with E-state index in [1.54, 1.807) is 0 Å². The fourth-order valence-corrected chi connectivity index (χ4v) is 2.66. The van der Waals surface area contributed by atoms with Gasteiger partial charge in [-0.15, -0.1) is 0 Å². The van der Waals surface area contributed by atoms with E-state index in [9.17, 15) is 0 Å². The average molecular weight is 338 g/mol. The molecule has 0 amide bonds. The first-order chi connectivity index (χ1) is 12.3. The second-order valence-corrected chi connectivity index (χ2v) is 6.33. The van der Waals surface area contributed by atoms with Gasteiger partial charge in [-0.3, -0.25) is 0 Å². The van der Waals surface area contributed by atoms with Gasteiger partial charge in [0.25, 0.3) is 0 Å². The molecule has 0 heterocycles. The molecule has 0 spiro atoms. The monoisotopic (exact) mass is 338 g/mol. The average Bonchev–Trinajstić information content (AvgIpc) is 2.67. The predicted molar refractivity (Wildman–Crippen MR) is 106 cm³/mol. The Labute approximate surface area is 152 Å². The third-order valence-corrected chi connectivity index (χ3v) is 4.32. The van der Waals surface area contributed by atoms with Crippen LogP contribution in [0.5, 0.6) is 0 Å². The smallest absolute Gasteiger partial charge is 0.118 e. The van der Waals surface area contributed by atoms with Gasteiger partial charge < -0.3 is 9.74 Å². The van der Waals surface area contributed by atoms with Crippen LogP contribution in [0.1, 0.15) is 37.3 Å². The summed E-state index contributed by atoms with van der Waals surface area (Å²) in [4.78, 5) is 7.89. The molecule has 0 aliphatic rings. The van der Waals surface area contributed by atoms with Crippen LogP contribution in [0.2, 0.25) is 0 Å². The van der Waals surface area contributed by atoms with Crippen LogP contribution in [0.3, 0.4) is 0 Å². The highest BCUT2D eigenvalue weighted by Crippen LogP contribution is 2.11. The van der Waals surface area contributed by atoms with E-state index in [4.69, 9.17) is 4.84 Å². The fraction of sp³-hybridized carbons (Fsp3) is 0.409. The Hall–Kier alpha value is -2.13. The molecule has 3 nitrogen and oxygen atoms in total. The summed E-state index contributed by atoms with van der Waals surface area (Å²) in [5, 5.41) is 4.45. The highest BCUT2D eigenvalue weighted by atomic mass is 16.6. The van der Waals surface area contributed by atoms with Crippen LogP contribution in [0.4, 0.5) is 0 Å². The summed E-state index contributed by atoms with van der Waals surface area (Å²) in [6, 6.07) is 21.0. The van der Waals surface area contributed by atoms with E-state index >= 15 is 0 Å². The van der Waals surface area contributed by atoms with E-state index in [2.05, 4.69) is 78.6 Å².